The van der Waals surface area contributed by atoms with Gasteiger partial charge >= 0.3 is 0 Å². The number of aromatic nitrogens is 2. The SMILES string of the molecule is COc1ccc(C2CCCN2C(=O)c2nn(Cc3ccccc3)c(=O)c3ccccc23)c(OC)c1. The largest absolute Gasteiger partial charge is 0.497 e. The van der Waals surface area contributed by atoms with E-state index in [1.165, 1.54) is 4.68 Å². The van der Waals surface area contributed by atoms with Crippen LogP contribution in [-0.2, 0) is 6.54 Å². The minimum atomic E-state index is -0.212. The highest BCUT2D eigenvalue weighted by Crippen LogP contribution is 2.39. The van der Waals surface area contributed by atoms with Crippen LogP contribution in [0.15, 0.2) is 77.6 Å². The molecule has 7 nitrogen and oxygen atoms in total. The number of ether oxygens (including phenoxy) is 2. The first-order valence-corrected chi connectivity index (χ1v) is 11.7. The number of rotatable bonds is 6. The number of methoxy groups -OCH3 is 2. The van der Waals surface area contributed by atoms with Crippen molar-refractivity contribution in [3.05, 3.63) is 100.0 Å². The van der Waals surface area contributed by atoms with Crippen LogP contribution in [0.25, 0.3) is 10.8 Å². The first-order valence-electron chi connectivity index (χ1n) is 11.7. The molecule has 0 aliphatic carbocycles. The fraction of sp³-hybridized carbons (Fsp3) is 0.250. The summed E-state index contributed by atoms with van der Waals surface area (Å²) >= 11 is 0. The molecule has 0 radical (unpaired) electrons. The molecule has 0 spiro atoms. The Bertz CT molecular complexity index is 1430. The molecule has 1 atom stereocenters. The summed E-state index contributed by atoms with van der Waals surface area (Å²) < 4.78 is 12.4. The fourth-order valence-corrected chi connectivity index (χ4v) is 4.82. The number of carbonyl (C=O) groups is 1. The Morgan fingerprint density at radius 1 is 0.971 bits per heavy atom. The molecule has 1 amide bonds. The van der Waals surface area contributed by atoms with Gasteiger partial charge in [-0.3, -0.25) is 9.59 Å². The van der Waals surface area contributed by atoms with E-state index < -0.39 is 0 Å². The number of fused-ring (bicyclic) bond motifs is 1. The van der Waals surface area contributed by atoms with E-state index in [2.05, 4.69) is 5.10 Å². The molecule has 2 heterocycles. The molecule has 1 unspecified atom stereocenters. The van der Waals surface area contributed by atoms with Gasteiger partial charge in [-0.1, -0.05) is 48.5 Å². The number of likely N-dealkylation sites (tertiary alicyclic amines) is 1. The van der Waals surface area contributed by atoms with Gasteiger partial charge in [0.25, 0.3) is 11.5 Å². The van der Waals surface area contributed by atoms with Crippen LogP contribution in [0.5, 0.6) is 11.5 Å². The molecule has 0 saturated carbocycles. The molecule has 7 heteroatoms. The Morgan fingerprint density at radius 3 is 2.46 bits per heavy atom. The van der Waals surface area contributed by atoms with Gasteiger partial charge in [0.15, 0.2) is 5.69 Å². The summed E-state index contributed by atoms with van der Waals surface area (Å²) in [6.07, 6.45) is 1.68. The van der Waals surface area contributed by atoms with Crippen molar-refractivity contribution < 1.29 is 14.3 Å². The molecule has 4 aromatic rings. The smallest absolute Gasteiger partial charge is 0.275 e. The van der Waals surface area contributed by atoms with Crippen molar-refractivity contribution in [2.24, 2.45) is 0 Å². The van der Waals surface area contributed by atoms with Crippen molar-refractivity contribution in [1.29, 1.82) is 0 Å². The van der Waals surface area contributed by atoms with Crippen LogP contribution in [0.3, 0.4) is 0 Å². The van der Waals surface area contributed by atoms with E-state index in [9.17, 15) is 9.59 Å². The molecular weight excluding hydrogens is 442 g/mol. The quantitative estimate of drug-likeness (QED) is 0.417. The Kier molecular flexibility index (Phi) is 6.23. The molecule has 1 fully saturated rings. The third kappa shape index (κ3) is 4.25. The molecule has 1 aliphatic rings. The zero-order valence-corrected chi connectivity index (χ0v) is 19.8. The molecular formula is C28H27N3O4. The second-order valence-corrected chi connectivity index (χ2v) is 8.61. The topological polar surface area (TPSA) is 73.7 Å². The molecule has 178 valence electrons. The molecule has 1 aromatic heterocycles. The summed E-state index contributed by atoms with van der Waals surface area (Å²) in [6.45, 7) is 0.896. The van der Waals surface area contributed by atoms with Gasteiger partial charge in [0, 0.05) is 23.6 Å². The van der Waals surface area contributed by atoms with Gasteiger partial charge in [-0.2, -0.15) is 5.10 Å². The van der Waals surface area contributed by atoms with E-state index in [0.29, 0.717) is 35.4 Å². The Labute approximate surface area is 203 Å². The maximum Gasteiger partial charge on any atom is 0.275 e. The van der Waals surface area contributed by atoms with Crippen LogP contribution in [-0.4, -0.2) is 41.4 Å². The van der Waals surface area contributed by atoms with E-state index in [-0.39, 0.29) is 23.2 Å². The van der Waals surface area contributed by atoms with Crippen molar-refractivity contribution >= 4 is 16.7 Å². The normalized spacial score (nSPS) is 15.4. The van der Waals surface area contributed by atoms with Gasteiger partial charge in [0.2, 0.25) is 0 Å². The van der Waals surface area contributed by atoms with Crippen LogP contribution in [0.2, 0.25) is 0 Å². The van der Waals surface area contributed by atoms with E-state index >= 15 is 0 Å². The summed E-state index contributed by atoms with van der Waals surface area (Å²) in [6, 6.07) is 22.4. The van der Waals surface area contributed by atoms with Gasteiger partial charge in [0.1, 0.15) is 11.5 Å². The Hall–Kier alpha value is -4.13. The predicted octanol–water partition coefficient (Wildman–Crippen LogP) is 4.44. The molecule has 0 N–H and O–H groups in total. The van der Waals surface area contributed by atoms with E-state index in [1.807, 2.05) is 65.6 Å². The average Bonchev–Trinajstić information content (AvgIpc) is 3.40. The van der Waals surface area contributed by atoms with Crippen molar-refractivity contribution in [3.63, 3.8) is 0 Å². The van der Waals surface area contributed by atoms with Gasteiger partial charge in [-0.05, 0) is 36.6 Å². The summed E-state index contributed by atoms with van der Waals surface area (Å²) in [5.74, 6) is 1.19. The highest BCUT2D eigenvalue weighted by Gasteiger charge is 2.34. The zero-order valence-electron chi connectivity index (χ0n) is 19.8. The Balaban J connectivity index is 1.57. The van der Waals surface area contributed by atoms with E-state index in [1.54, 1.807) is 26.4 Å². The third-order valence-electron chi connectivity index (χ3n) is 6.56. The molecule has 1 aliphatic heterocycles. The van der Waals surface area contributed by atoms with E-state index in [4.69, 9.17) is 9.47 Å². The summed E-state index contributed by atoms with van der Waals surface area (Å²) in [4.78, 5) is 29.0. The van der Waals surface area contributed by atoms with Crippen molar-refractivity contribution in [3.8, 4) is 11.5 Å². The van der Waals surface area contributed by atoms with Gasteiger partial charge in [-0.15, -0.1) is 0 Å². The molecule has 5 rings (SSSR count). The third-order valence-corrected chi connectivity index (χ3v) is 6.56. The number of hydrogen-bond acceptors (Lipinski definition) is 5. The summed E-state index contributed by atoms with van der Waals surface area (Å²) in [5.41, 5.74) is 1.95. The fourth-order valence-electron chi connectivity index (χ4n) is 4.82. The lowest BCUT2D eigenvalue weighted by atomic mass is 10.0. The molecule has 0 bridgehead atoms. The van der Waals surface area contributed by atoms with Crippen LogP contribution < -0.4 is 15.0 Å². The van der Waals surface area contributed by atoms with E-state index in [0.717, 1.165) is 24.0 Å². The number of hydrogen-bond donors (Lipinski definition) is 0. The lowest BCUT2D eigenvalue weighted by Gasteiger charge is -2.27. The lowest BCUT2D eigenvalue weighted by Crippen LogP contribution is -2.34. The standard InChI is InChI=1S/C28H27N3O4/c1-34-20-14-15-23(25(17-20)35-2)24-13-8-16-30(24)28(33)26-21-11-6-7-12-22(21)27(32)31(29-26)18-19-9-4-3-5-10-19/h3-7,9-12,14-15,17,24H,8,13,16,18H2,1-2H3. The maximum absolute atomic E-state index is 14.0. The Morgan fingerprint density at radius 2 is 1.71 bits per heavy atom. The van der Waals surface area contributed by atoms with Gasteiger partial charge < -0.3 is 14.4 Å². The van der Waals surface area contributed by atoms with Crippen LogP contribution >= 0.6 is 0 Å². The van der Waals surface area contributed by atoms with Crippen molar-refractivity contribution in [2.75, 3.05) is 20.8 Å². The summed E-state index contributed by atoms with van der Waals surface area (Å²) in [5, 5.41) is 5.65. The highest BCUT2D eigenvalue weighted by atomic mass is 16.5. The highest BCUT2D eigenvalue weighted by molar-refractivity contribution is 6.05. The number of amides is 1. The minimum Gasteiger partial charge on any atom is -0.497 e. The molecule has 3 aromatic carbocycles. The average molecular weight is 470 g/mol. The minimum absolute atomic E-state index is 0.154. The molecule has 1 saturated heterocycles. The van der Waals surface area contributed by atoms with Crippen LogP contribution in [0, 0.1) is 0 Å². The second kappa shape index (κ2) is 9.62. The number of nitrogens with zero attached hydrogens (tertiary/aromatic N) is 3. The van der Waals surface area contributed by atoms with Crippen molar-refractivity contribution in [2.45, 2.75) is 25.4 Å². The maximum atomic E-state index is 14.0. The van der Waals surface area contributed by atoms with Crippen LogP contribution in [0.4, 0.5) is 0 Å². The van der Waals surface area contributed by atoms with Crippen LogP contribution in [0.1, 0.15) is 40.5 Å². The lowest BCUT2D eigenvalue weighted by molar-refractivity contribution is 0.0727. The van der Waals surface area contributed by atoms with Crippen molar-refractivity contribution in [1.82, 2.24) is 14.7 Å². The van der Waals surface area contributed by atoms with Gasteiger partial charge in [0.05, 0.1) is 32.2 Å². The number of benzene rings is 3. The monoisotopic (exact) mass is 469 g/mol. The summed E-state index contributed by atoms with van der Waals surface area (Å²) in [7, 11) is 3.23. The second-order valence-electron chi connectivity index (χ2n) is 8.61. The van der Waals surface area contributed by atoms with Gasteiger partial charge in [-0.25, -0.2) is 4.68 Å². The zero-order chi connectivity index (χ0) is 24.4. The number of carbonyl (C=O) groups excluding carboxylic acids is 1. The first-order chi connectivity index (χ1) is 17.1. The molecule has 35 heavy (non-hydrogen) atoms. The first kappa shape index (κ1) is 22.7. The predicted molar refractivity (Wildman–Crippen MR) is 134 cm³/mol.